The molecule has 0 unspecified atom stereocenters. The van der Waals surface area contributed by atoms with Crippen molar-refractivity contribution in [2.24, 2.45) is 5.92 Å². The fourth-order valence-corrected chi connectivity index (χ4v) is 6.15. The lowest BCUT2D eigenvalue weighted by Gasteiger charge is -2.30. The molecule has 1 fully saturated rings. The summed E-state index contributed by atoms with van der Waals surface area (Å²) in [5.74, 6) is 0.874. The lowest BCUT2D eigenvalue weighted by Crippen LogP contribution is -2.40. The van der Waals surface area contributed by atoms with Gasteiger partial charge < -0.3 is 9.64 Å². The van der Waals surface area contributed by atoms with Gasteiger partial charge in [-0.15, -0.1) is 21.5 Å². The SMILES string of the molecule is CCOC(=O)C1CCN(C(=O)c2csc(CSc3nnc(-c4cccnc4)n3-c3ccccc3C)n2)CC1. The number of benzene rings is 1. The molecule has 1 saturated heterocycles. The number of aromatic nitrogens is 5. The van der Waals surface area contributed by atoms with E-state index in [-0.39, 0.29) is 17.8 Å². The summed E-state index contributed by atoms with van der Waals surface area (Å²) in [7, 11) is 0. The quantitative estimate of drug-likeness (QED) is 0.229. The third-order valence-corrected chi connectivity index (χ3v) is 8.38. The van der Waals surface area contributed by atoms with E-state index in [1.165, 1.54) is 23.1 Å². The van der Waals surface area contributed by atoms with Gasteiger partial charge in [0.1, 0.15) is 10.7 Å². The second kappa shape index (κ2) is 11.9. The van der Waals surface area contributed by atoms with E-state index in [0.29, 0.717) is 44.0 Å². The number of nitrogens with zero attached hydrogens (tertiary/aromatic N) is 6. The number of thiazole rings is 1. The molecule has 3 aromatic heterocycles. The Morgan fingerprint density at radius 1 is 1.13 bits per heavy atom. The molecule has 0 aliphatic carbocycles. The van der Waals surface area contributed by atoms with E-state index in [9.17, 15) is 9.59 Å². The standard InChI is InChI=1S/C27H28N6O3S2/c1-3-36-26(35)19-10-13-32(14-11-19)25(34)21-16-37-23(29-21)17-38-27-31-30-24(20-8-6-12-28-15-20)33(27)22-9-5-4-7-18(22)2/h4-9,12,15-16,19H,3,10-11,13-14,17H2,1-2H3. The Balaban J connectivity index is 1.29. The van der Waals surface area contributed by atoms with E-state index < -0.39 is 0 Å². The normalized spacial score (nSPS) is 14.0. The second-order valence-electron chi connectivity index (χ2n) is 8.90. The van der Waals surface area contributed by atoms with Gasteiger partial charge in [0.25, 0.3) is 5.91 Å². The van der Waals surface area contributed by atoms with Crippen LogP contribution in [0.4, 0.5) is 0 Å². The number of likely N-dealkylation sites (tertiary alicyclic amines) is 1. The minimum atomic E-state index is -0.169. The molecule has 5 rings (SSSR count). The van der Waals surface area contributed by atoms with Crippen molar-refractivity contribution in [2.45, 2.75) is 37.6 Å². The van der Waals surface area contributed by atoms with Crippen LogP contribution in [0.1, 0.15) is 40.8 Å². The molecule has 4 heterocycles. The zero-order chi connectivity index (χ0) is 26.5. The van der Waals surface area contributed by atoms with Crippen LogP contribution in [0.2, 0.25) is 0 Å². The van der Waals surface area contributed by atoms with Crippen molar-refractivity contribution in [3.05, 3.63) is 70.4 Å². The summed E-state index contributed by atoms with van der Waals surface area (Å²) in [5, 5.41) is 12.4. The number of carbonyl (C=O) groups is 2. The van der Waals surface area contributed by atoms with Crippen LogP contribution in [0.5, 0.6) is 0 Å². The molecule has 0 atom stereocenters. The van der Waals surface area contributed by atoms with E-state index >= 15 is 0 Å². The van der Waals surface area contributed by atoms with E-state index in [1.54, 1.807) is 24.2 Å². The maximum Gasteiger partial charge on any atom is 0.309 e. The van der Waals surface area contributed by atoms with Gasteiger partial charge in [-0.3, -0.25) is 19.1 Å². The van der Waals surface area contributed by atoms with Gasteiger partial charge in [0.15, 0.2) is 11.0 Å². The molecule has 1 aliphatic heterocycles. The summed E-state index contributed by atoms with van der Waals surface area (Å²) in [5.41, 5.74) is 3.42. The monoisotopic (exact) mass is 548 g/mol. The minimum absolute atomic E-state index is 0.0956. The summed E-state index contributed by atoms with van der Waals surface area (Å²) < 4.78 is 7.17. The molecule has 0 N–H and O–H groups in total. The zero-order valence-electron chi connectivity index (χ0n) is 21.2. The average Bonchev–Trinajstić information content (AvgIpc) is 3.60. The number of carbonyl (C=O) groups excluding carboxylic acids is 2. The summed E-state index contributed by atoms with van der Waals surface area (Å²) in [6, 6.07) is 12.0. The number of hydrogen-bond acceptors (Lipinski definition) is 9. The number of para-hydroxylation sites is 1. The van der Waals surface area contributed by atoms with Gasteiger partial charge in [-0.1, -0.05) is 30.0 Å². The van der Waals surface area contributed by atoms with Crippen LogP contribution in [0.15, 0.2) is 59.3 Å². The Hall–Kier alpha value is -3.57. The van der Waals surface area contributed by atoms with Crippen LogP contribution in [0, 0.1) is 12.8 Å². The number of piperidine rings is 1. The predicted octanol–water partition coefficient (Wildman–Crippen LogP) is 4.80. The molecule has 1 amide bonds. The van der Waals surface area contributed by atoms with Gasteiger partial charge in [-0.2, -0.15) is 0 Å². The van der Waals surface area contributed by atoms with Gasteiger partial charge in [0, 0.05) is 36.4 Å². The maximum atomic E-state index is 13.0. The van der Waals surface area contributed by atoms with Crippen molar-refractivity contribution >= 4 is 35.0 Å². The summed E-state index contributed by atoms with van der Waals surface area (Å²) in [6.07, 6.45) is 4.75. The third-order valence-electron chi connectivity index (χ3n) is 6.41. The summed E-state index contributed by atoms with van der Waals surface area (Å²) in [6.45, 7) is 5.30. The molecule has 0 bridgehead atoms. The number of thioether (sulfide) groups is 1. The zero-order valence-corrected chi connectivity index (χ0v) is 22.9. The van der Waals surface area contributed by atoms with Gasteiger partial charge in [0.2, 0.25) is 0 Å². The van der Waals surface area contributed by atoms with Crippen LogP contribution < -0.4 is 0 Å². The lowest BCUT2D eigenvalue weighted by molar-refractivity contribution is -0.149. The highest BCUT2D eigenvalue weighted by atomic mass is 32.2. The minimum Gasteiger partial charge on any atom is -0.466 e. The topological polar surface area (TPSA) is 103 Å². The van der Waals surface area contributed by atoms with E-state index in [2.05, 4.69) is 33.2 Å². The van der Waals surface area contributed by atoms with Crippen molar-refractivity contribution in [3.63, 3.8) is 0 Å². The fraction of sp³-hybridized carbons (Fsp3) is 0.333. The fourth-order valence-electron chi connectivity index (χ4n) is 4.42. The van der Waals surface area contributed by atoms with Crippen molar-refractivity contribution < 1.29 is 14.3 Å². The largest absolute Gasteiger partial charge is 0.466 e. The number of pyridine rings is 1. The van der Waals surface area contributed by atoms with Crippen LogP contribution in [-0.4, -0.2) is 61.2 Å². The molecular weight excluding hydrogens is 520 g/mol. The molecule has 0 saturated carbocycles. The molecule has 9 nitrogen and oxygen atoms in total. The number of rotatable bonds is 8. The van der Waals surface area contributed by atoms with Crippen LogP contribution in [0.3, 0.4) is 0 Å². The smallest absolute Gasteiger partial charge is 0.309 e. The van der Waals surface area contributed by atoms with Gasteiger partial charge in [-0.25, -0.2) is 4.98 Å². The van der Waals surface area contributed by atoms with E-state index in [0.717, 1.165) is 32.8 Å². The summed E-state index contributed by atoms with van der Waals surface area (Å²) in [4.78, 5) is 35.7. The first-order valence-electron chi connectivity index (χ1n) is 12.5. The first-order valence-corrected chi connectivity index (χ1v) is 14.4. The highest BCUT2D eigenvalue weighted by Crippen LogP contribution is 2.31. The molecule has 11 heteroatoms. The van der Waals surface area contributed by atoms with Crippen molar-refractivity contribution in [1.29, 1.82) is 0 Å². The van der Waals surface area contributed by atoms with E-state index in [4.69, 9.17) is 4.74 Å². The third kappa shape index (κ3) is 5.63. The van der Waals surface area contributed by atoms with E-state index in [1.807, 2.05) is 40.3 Å². The Kier molecular flexibility index (Phi) is 8.14. The Bertz CT molecular complexity index is 1410. The molecule has 0 radical (unpaired) electrons. The number of aryl methyl sites for hydroxylation is 1. The number of amides is 1. The molecule has 196 valence electrons. The van der Waals surface area contributed by atoms with Gasteiger partial charge >= 0.3 is 5.97 Å². The van der Waals surface area contributed by atoms with Crippen LogP contribution in [0.25, 0.3) is 17.1 Å². The average molecular weight is 549 g/mol. The van der Waals surface area contributed by atoms with Gasteiger partial charge in [0.05, 0.1) is 24.0 Å². The maximum absolute atomic E-state index is 13.0. The lowest BCUT2D eigenvalue weighted by atomic mass is 9.97. The Morgan fingerprint density at radius 3 is 2.68 bits per heavy atom. The first-order chi connectivity index (χ1) is 18.5. The highest BCUT2D eigenvalue weighted by Gasteiger charge is 2.29. The van der Waals surface area contributed by atoms with Crippen LogP contribution >= 0.6 is 23.1 Å². The summed E-state index contributed by atoms with van der Waals surface area (Å²) >= 11 is 2.99. The van der Waals surface area contributed by atoms with Gasteiger partial charge in [-0.05, 0) is 50.5 Å². The molecule has 1 aromatic carbocycles. The number of ether oxygens (including phenoxy) is 1. The van der Waals surface area contributed by atoms with Crippen molar-refractivity contribution in [3.8, 4) is 17.1 Å². The molecule has 0 spiro atoms. The second-order valence-corrected chi connectivity index (χ2v) is 10.8. The highest BCUT2D eigenvalue weighted by molar-refractivity contribution is 7.98. The van der Waals surface area contributed by atoms with Crippen LogP contribution in [-0.2, 0) is 15.3 Å². The number of esters is 1. The van der Waals surface area contributed by atoms with Crippen molar-refractivity contribution in [1.82, 2.24) is 29.6 Å². The molecular formula is C27H28N6O3S2. The molecule has 38 heavy (non-hydrogen) atoms. The number of hydrogen-bond donors (Lipinski definition) is 0. The first kappa shape index (κ1) is 26.1. The Labute approximate surface area is 229 Å². The Morgan fingerprint density at radius 2 is 1.95 bits per heavy atom. The molecule has 1 aliphatic rings. The predicted molar refractivity (Wildman–Crippen MR) is 146 cm³/mol. The molecule has 4 aromatic rings. The van der Waals surface area contributed by atoms with Crippen molar-refractivity contribution in [2.75, 3.05) is 19.7 Å².